The SMILES string of the molecule is O=C(OCCC(S)CCO)c1cc(Oc2ccc(C(F)(F)F)cc2Cl)ccc1[N+](=O)[O-]. The van der Waals surface area contributed by atoms with E-state index in [9.17, 15) is 28.1 Å². The number of nitro benzene ring substituents is 1. The minimum Gasteiger partial charge on any atom is -0.462 e. The van der Waals surface area contributed by atoms with Crippen LogP contribution in [0, 0.1) is 10.1 Å². The van der Waals surface area contributed by atoms with Gasteiger partial charge in [0.25, 0.3) is 5.69 Å². The first-order valence-corrected chi connectivity index (χ1v) is 9.71. The maximum atomic E-state index is 12.8. The molecule has 0 amide bonds. The summed E-state index contributed by atoms with van der Waals surface area (Å²) >= 11 is 10.0. The minimum atomic E-state index is -4.59. The number of carbonyl (C=O) groups is 1. The minimum absolute atomic E-state index is 0.0634. The number of benzene rings is 2. The molecule has 168 valence electrons. The Hall–Kier alpha value is -2.50. The highest BCUT2D eigenvalue weighted by molar-refractivity contribution is 7.80. The molecule has 1 atom stereocenters. The molecular weight excluding hydrogens is 463 g/mol. The van der Waals surface area contributed by atoms with Gasteiger partial charge in [-0.3, -0.25) is 10.1 Å². The number of esters is 1. The molecule has 0 bridgehead atoms. The second-order valence-corrected chi connectivity index (χ2v) is 7.41. The van der Waals surface area contributed by atoms with Crippen molar-refractivity contribution in [2.45, 2.75) is 24.3 Å². The first-order valence-electron chi connectivity index (χ1n) is 8.82. The molecular formula is C19H17ClF3NO6S. The lowest BCUT2D eigenvalue weighted by Gasteiger charge is -2.12. The molecule has 0 aromatic heterocycles. The summed E-state index contributed by atoms with van der Waals surface area (Å²) < 4.78 is 48.7. The number of carbonyl (C=O) groups excluding carboxylic acids is 1. The van der Waals surface area contributed by atoms with Crippen molar-refractivity contribution in [3.63, 3.8) is 0 Å². The van der Waals surface area contributed by atoms with E-state index in [1.54, 1.807) is 0 Å². The number of halogens is 4. The van der Waals surface area contributed by atoms with Gasteiger partial charge in [-0.2, -0.15) is 25.8 Å². The van der Waals surface area contributed by atoms with Crippen LogP contribution in [0.5, 0.6) is 11.5 Å². The molecule has 2 aromatic carbocycles. The van der Waals surface area contributed by atoms with E-state index in [1.165, 1.54) is 6.07 Å². The number of hydrogen-bond acceptors (Lipinski definition) is 7. The predicted octanol–water partition coefficient (Wildman–Crippen LogP) is 5.29. The monoisotopic (exact) mass is 479 g/mol. The van der Waals surface area contributed by atoms with E-state index < -0.39 is 33.9 Å². The number of aliphatic hydroxyl groups is 1. The molecule has 0 fully saturated rings. The lowest BCUT2D eigenvalue weighted by Crippen LogP contribution is -2.13. The summed E-state index contributed by atoms with van der Waals surface area (Å²) in [5.74, 6) is -1.18. The van der Waals surface area contributed by atoms with Crippen molar-refractivity contribution in [1.82, 2.24) is 0 Å². The molecule has 31 heavy (non-hydrogen) atoms. The summed E-state index contributed by atoms with van der Waals surface area (Å²) in [5.41, 5.74) is -1.90. The van der Waals surface area contributed by atoms with Gasteiger partial charge in [0.15, 0.2) is 0 Å². The predicted molar refractivity (Wildman–Crippen MR) is 109 cm³/mol. The lowest BCUT2D eigenvalue weighted by atomic mass is 10.1. The van der Waals surface area contributed by atoms with Crippen LogP contribution in [0.25, 0.3) is 0 Å². The van der Waals surface area contributed by atoms with Crippen molar-refractivity contribution < 1.29 is 37.5 Å². The maximum Gasteiger partial charge on any atom is 0.416 e. The Morgan fingerprint density at radius 3 is 2.52 bits per heavy atom. The molecule has 7 nitrogen and oxygen atoms in total. The van der Waals surface area contributed by atoms with Crippen molar-refractivity contribution in [2.24, 2.45) is 0 Å². The van der Waals surface area contributed by atoms with E-state index in [1.807, 2.05) is 0 Å². The fourth-order valence-corrected chi connectivity index (χ4v) is 2.89. The van der Waals surface area contributed by atoms with Gasteiger partial charge in [-0.1, -0.05) is 11.6 Å². The molecule has 1 unspecified atom stereocenters. The zero-order valence-corrected chi connectivity index (χ0v) is 17.4. The van der Waals surface area contributed by atoms with Gasteiger partial charge in [0.1, 0.15) is 17.1 Å². The second-order valence-electron chi connectivity index (χ2n) is 6.27. The number of nitrogens with zero attached hydrogens (tertiary/aromatic N) is 1. The molecule has 0 heterocycles. The Morgan fingerprint density at radius 1 is 1.23 bits per heavy atom. The average molecular weight is 480 g/mol. The Balaban J connectivity index is 2.21. The zero-order chi connectivity index (χ0) is 23.2. The number of nitro groups is 1. The molecule has 2 aromatic rings. The lowest BCUT2D eigenvalue weighted by molar-refractivity contribution is -0.385. The zero-order valence-electron chi connectivity index (χ0n) is 15.8. The molecule has 0 saturated heterocycles. The van der Waals surface area contributed by atoms with Gasteiger partial charge in [0.05, 0.1) is 22.1 Å². The van der Waals surface area contributed by atoms with Crippen LogP contribution in [0.4, 0.5) is 18.9 Å². The van der Waals surface area contributed by atoms with Crippen LogP contribution in [-0.2, 0) is 10.9 Å². The Labute approximate surface area is 185 Å². The molecule has 0 aliphatic rings. The van der Waals surface area contributed by atoms with E-state index >= 15 is 0 Å². The highest BCUT2D eigenvalue weighted by Crippen LogP contribution is 2.37. The van der Waals surface area contributed by atoms with Crippen LogP contribution in [0.3, 0.4) is 0 Å². The van der Waals surface area contributed by atoms with Crippen molar-refractivity contribution in [1.29, 1.82) is 0 Å². The molecule has 0 radical (unpaired) electrons. The molecule has 0 aliphatic carbocycles. The van der Waals surface area contributed by atoms with E-state index in [4.69, 9.17) is 26.2 Å². The number of alkyl halides is 3. The van der Waals surface area contributed by atoms with Crippen LogP contribution >= 0.6 is 24.2 Å². The first-order chi connectivity index (χ1) is 14.5. The van der Waals surface area contributed by atoms with Crippen LogP contribution in [-0.4, -0.2) is 34.5 Å². The Morgan fingerprint density at radius 2 is 1.94 bits per heavy atom. The van der Waals surface area contributed by atoms with Crippen LogP contribution < -0.4 is 4.74 Å². The fraction of sp³-hybridized carbons (Fsp3) is 0.316. The van der Waals surface area contributed by atoms with Gasteiger partial charge >= 0.3 is 12.1 Å². The van der Waals surface area contributed by atoms with Gasteiger partial charge in [0.2, 0.25) is 0 Å². The maximum absolute atomic E-state index is 12.8. The van der Waals surface area contributed by atoms with Crippen molar-refractivity contribution in [2.75, 3.05) is 13.2 Å². The third kappa shape index (κ3) is 7.01. The Bertz CT molecular complexity index is 957. The van der Waals surface area contributed by atoms with Crippen LogP contribution in [0.1, 0.15) is 28.8 Å². The van der Waals surface area contributed by atoms with Gasteiger partial charge in [-0.25, -0.2) is 4.79 Å². The van der Waals surface area contributed by atoms with Crippen LogP contribution in [0.15, 0.2) is 36.4 Å². The van der Waals surface area contributed by atoms with Gasteiger partial charge < -0.3 is 14.6 Å². The van der Waals surface area contributed by atoms with Crippen molar-refractivity contribution in [3.8, 4) is 11.5 Å². The summed E-state index contributed by atoms with van der Waals surface area (Å²) in [4.78, 5) is 22.8. The standard InChI is InChI=1S/C19H17ClF3NO6S/c20-15-9-11(19(21,22)23)1-4-17(15)30-12-2-3-16(24(27)28)14(10-12)18(26)29-8-6-13(31)5-7-25/h1-4,9-10,13,25,31H,5-8H2. The molecule has 0 aliphatic heterocycles. The Kier molecular flexibility index (Phi) is 8.54. The number of ether oxygens (including phenoxy) is 2. The highest BCUT2D eigenvalue weighted by Gasteiger charge is 2.31. The van der Waals surface area contributed by atoms with Gasteiger partial charge in [-0.05, 0) is 37.1 Å². The fourth-order valence-electron chi connectivity index (χ4n) is 2.45. The van der Waals surface area contributed by atoms with E-state index in [2.05, 4.69) is 12.6 Å². The van der Waals surface area contributed by atoms with Crippen molar-refractivity contribution >= 4 is 35.9 Å². The topological polar surface area (TPSA) is 98.9 Å². The largest absolute Gasteiger partial charge is 0.462 e. The van der Waals surface area contributed by atoms with E-state index in [0.717, 1.165) is 24.3 Å². The number of thiol groups is 1. The quantitative estimate of drug-likeness (QED) is 0.219. The molecule has 12 heteroatoms. The van der Waals surface area contributed by atoms with E-state index in [0.29, 0.717) is 18.9 Å². The molecule has 0 saturated carbocycles. The molecule has 1 N–H and O–H groups in total. The number of hydrogen-bond donors (Lipinski definition) is 2. The van der Waals surface area contributed by atoms with E-state index in [-0.39, 0.29) is 35.0 Å². The third-order valence-corrected chi connectivity index (χ3v) is 4.83. The highest BCUT2D eigenvalue weighted by atomic mass is 35.5. The normalized spacial score (nSPS) is 12.3. The van der Waals surface area contributed by atoms with Crippen molar-refractivity contribution in [3.05, 3.63) is 62.7 Å². The van der Waals surface area contributed by atoms with Gasteiger partial charge in [0, 0.05) is 24.0 Å². The number of rotatable bonds is 9. The summed E-state index contributed by atoms with van der Waals surface area (Å²) in [6, 6.07) is 5.67. The average Bonchev–Trinajstić information content (AvgIpc) is 2.68. The summed E-state index contributed by atoms with van der Waals surface area (Å²) in [6.45, 7) is -0.167. The summed E-state index contributed by atoms with van der Waals surface area (Å²) in [7, 11) is 0. The first kappa shape index (κ1) is 24.8. The third-order valence-electron chi connectivity index (χ3n) is 4.02. The molecule has 2 rings (SSSR count). The molecule has 0 spiro atoms. The van der Waals surface area contributed by atoms with Gasteiger partial charge in [-0.15, -0.1) is 0 Å². The second kappa shape index (κ2) is 10.7. The smallest absolute Gasteiger partial charge is 0.416 e. The van der Waals surface area contributed by atoms with Crippen LogP contribution in [0.2, 0.25) is 5.02 Å². The summed E-state index contributed by atoms with van der Waals surface area (Å²) in [6.07, 6.45) is -3.88. The number of aliphatic hydroxyl groups excluding tert-OH is 1. The summed E-state index contributed by atoms with van der Waals surface area (Å²) in [5, 5.41) is 19.5.